The van der Waals surface area contributed by atoms with Gasteiger partial charge in [-0.1, -0.05) is 51.1 Å². The minimum Gasteiger partial charge on any atom is -0.481 e. The van der Waals surface area contributed by atoms with Gasteiger partial charge in [0.25, 0.3) is 5.91 Å². The molecule has 0 saturated heterocycles. The third-order valence-corrected chi connectivity index (χ3v) is 4.98. The van der Waals surface area contributed by atoms with Gasteiger partial charge in [0.1, 0.15) is 5.92 Å². The second kappa shape index (κ2) is 7.46. The number of carboxylic acid groups (broad SMARTS) is 1. The van der Waals surface area contributed by atoms with E-state index >= 15 is 0 Å². The lowest BCUT2D eigenvalue weighted by Crippen LogP contribution is -2.40. The van der Waals surface area contributed by atoms with Crippen molar-refractivity contribution in [3.8, 4) is 0 Å². The third kappa shape index (κ3) is 3.91. The number of aliphatic carboxylic acids is 1. The van der Waals surface area contributed by atoms with Crippen LogP contribution in [0.5, 0.6) is 0 Å². The molecule has 3 rings (SSSR count). The van der Waals surface area contributed by atoms with Crippen molar-refractivity contribution in [3.05, 3.63) is 65.2 Å². The van der Waals surface area contributed by atoms with Crippen molar-refractivity contribution in [1.82, 2.24) is 5.32 Å². The number of hydrogen-bond donors (Lipinski definition) is 2. The maximum absolute atomic E-state index is 12.6. The van der Waals surface area contributed by atoms with Crippen molar-refractivity contribution >= 4 is 23.5 Å². The van der Waals surface area contributed by atoms with Crippen LogP contribution in [0.4, 0.5) is 5.69 Å². The molecule has 2 amide bonds. The van der Waals surface area contributed by atoms with Crippen molar-refractivity contribution in [2.24, 2.45) is 0 Å². The van der Waals surface area contributed by atoms with Gasteiger partial charge in [0.15, 0.2) is 0 Å². The van der Waals surface area contributed by atoms with E-state index < -0.39 is 11.9 Å². The lowest BCUT2D eigenvalue weighted by Gasteiger charge is -2.19. The molecule has 0 spiro atoms. The Morgan fingerprint density at radius 2 is 1.71 bits per heavy atom. The zero-order valence-electron chi connectivity index (χ0n) is 16.2. The Bertz CT molecular complexity index is 913. The molecule has 2 N–H and O–H groups in total. The molecule has 0 radical (unpaired) electrons. The van der Waals surface area contributed by atoms with Gasteiger partial charge in [-0.3, -0.25) is 14.4 Å². The lowest BCUT2D eigenvalue weighted by molar-refractivity contribution is -0.138. The van der Waals surface area contributed by atoms with Crippen LogP contribution in [0, 0.1) is 0 Å². The van der Waals surface area contributed by atoms with Crippen LogP contribution in [-0.4, -0.2) is 36.0 Å². The van der Waals surface area contributed by atoms with Gasteiger partial charge in [0.2, 0.25) is 5.91 Å². The standard InChI is InChI=1S/C22H24N2O4/c1-22(2,3)15-10-8-14(9-11-15)20(26)23-12-19(25)24-13-17(21(27)28)16-6-4-5-7-18(16)24/h4-11,17H,12-13H2,1-3H3,(H,23,26)(H,27,28). The summed E-state index contributed by atoms with van der Waals surface area (Å²) in [6.07, 6.45) is 0. The number of anilines is 1. The van der Waals surface area contributed by atoms with Crippen molar-refractivity contribution < 1.29 is 19.5 Å². The molecule has 6 heteroatoms. The van der Waals surface area contributed by atoms with Crippen LogP contribution in [0.25, 0.3) is 0 Å². The largest absolute Gasteiger partial charge is 0.481 e. The number of para-hydroxylation sites is 1. The van der Waals surface area contributed by atoms with E-state index in [4.69, 9.17) is 0 Å². The Morgan fingerprint density at radius 3 is 2.32 bits per heavy atom. The van der Waals surface area contributed by atoms with E-state index in [9.17, 15) is 19.5 Å². The Hall–Kier alpha value is -3.15. The van der Waals surface area contributed by atoms with Crippen LogP contribution in [0.3, 0.4) is 0 Å². The van der Waals surface area contributed by atoms with Crippen LogP contribution >= 0.6 is 0 Å². The topological polar surface area (TPSA) is 86.7 Å². The maximum Gasteiger partial charge on any atom is 0.312 e. The van der Waals surface area contributed by atoms with Crippen molar-refractivity contribution in [1.29, 1.82) is 0 Å². The predicted molar refractivity (Wildman–Crippen MR) is 107 cm³/mol. The molecule has 1 aliphatic heterocycles. The molecular weight excluding hydrogens is 356 g/mol. The second-order valence-electron chi connectivity index (χ2n) is 7.96. The SMILES string of the molecule is CC(C)(C)c1ccc(C(=O)NCC(=O)N2CC(C(=O)O)c3ccccc32)cc1. The minimum absolute atomic E-state index is 0.00516. The number of nitrogens with one attached hydrogen (secondary N) is 1. The average Bonchev–Trinajstić information content (AvgIpc) is 3.05. The molecule has 146 valence electrons. The number of benzene rings is 2. The fourth-order valence-corrected chi connectivity index (χ4v) is 3.33. The highest BCUT2D eigenvalue weighted by atomic mass is 16.4. The molecule has 0 saturated carbocycles. The normalized spacial score (nSPS) is 15.8. The van der Waals surface area contributed by atoms with E-state index in [-0.39, 0.29) is 30.3 Å². The smallest absolute Gasteiger partial charge is 0.312 e. The lowest BCUT2D eigenvalue weighted by atomic mass is 9.87. The zero-order chi connectivity index (χ0) is 20.5. The summed E-state index contributed by atoms with van der Waals surface area (Å²) < 4.78 is 0. The molecule has 0 aliphatic carbocycles. The molecule has 1 atom stereocenters. The van der Waals surface area contributed by atoms with Crippen molar-refractivity contribution in [2.75, 3.05) is 18.0 Å². The average molecular weight is 380 g/mol. The third-order valence-electron chi connectivity index (χ3n) is 4.98. The molecule has 0 aromatic heterocycles. The van der Waals surface area contributed by atoms with E-state index in [1.54, 1.807) is 36.4 Å². The summed E-state index contributed by atoms with van der Waals surface area (Å²) in [7, 11) is 0. The number of amides is 2. The highest BCUT2D eigenvalue weighted by Crippen LogP contribution is 2.36. The van der Waals surface area contributed by atoms with E-state index in [0.717, 1.165) is 5.56 Å². The van der Waals surface area contributed by atoms with Gasteiger partial charge in [-0.25, -0.2) is 0 Å². The van der Waals surface area contributed by atoms with E-state index in [1.165, 1.54) is 4.90 Å². The first-order valence-electron chi connectivity index (χ1n) is 9.19. The zero-order valence-corrected chi connectivity index (χ0v) is 16.2. The predicted octanol–water partition coefficient (Wildman–Crippen LogP) is 2.93. The first-order valence-corrected chi connectivity index (χ1v) is 9.19. The first kappa shape index (κ1) is 19.6. The molecule has 2 aromatic rings. The van der Waals surface area contributed by atoms with Gasteiger partial charge >= 0.3 is 5.97 Å². The number of carbonyl (C=O) groups excluding carboxylic acids is 2. The molecule has 2 aromatic carbocycles. The van der Waals surface area contributed by atoms with Crippen LogP contribution in [0.15, 0.2) is 48.5 Å². The Morgan fingerprint density at radius 1 is 1.07 bits per heavy atom. The molecular formula is C22H24N2O4. The second-order valence-corrected chi connectivity index (χ2v) is 7.96. The van der Waals surface area contributed by atoms with Gasteiger partial charge < -0.3 is 15.3 Å². The van der Waals surface area contributed by atoms with E-state index in [2.05, 4.69) is 26.1 Å². The van der Waals surface area contributed by atoms with Crippen LogP contribution in [0.2, 0.25) is 0 Å². The van der Waals surface area contributed by atoms with Gasteiger partial charge in [-0.2, -0.15) is 0 Å². The summed E-state index contributed by atoms with van der Waals surface area (Å²) in [5.74, 6) is -2.39. The number of carbonyl (C=O) groups is 3. The molecule has 0 fully saturated rings. The summed E-state index contributed by atoms with van der Waals surface area (Å²) in [6, 6.07) is 14.3. The monoisotopic (exact) mass is 380 g/mol. The van der Waals surface area contributed by atoms with Crippen molar-refractivity contribution in [3.63, 3.8) is 0 Å². The first-order chi connectivity index (χ1) is 13.2. The molecule has 0 bridgehead atoms. The molecule has 1 heterocycles. The van der Waals surface area contributed by atoms with Gasteiger partial charge in [0.05, 0.1) is 6.54 Å². The van der Waals surface area contributed by atoms with Gasteiger partial charge in [-0.05, 0) is 34.7 Å². The highest BCUT2D eigenvalue weighted by Gasteiger charge is 2.36. The number of fused-ring (bicyclic) bond motifs is 1. The van der Waals surface area contributed by atoms with E-state index in [0.29, 0.717) is 16.8 Å². The van der Waals surface area contributed by atoms with Crippen LogP contribution in [-0.2, 0) is 15.0 Å². The van der Waals surface area contributed by atoms with Crippen molar-refractivity contribution in [2.45, 2.75) is 32.1 Å². The maximum atomic E-state index is 12.6. The van der Waals surface area contributed by atoms with Gasteiger partial charge in [-0.15, -0.1) is 0 Å². The van der Waals surface area contributed by atoms with Gasteiger partial charge in [0, 0.05) is 17.8 Å². The number of nitrogens with zero attached hydrogens (tertiary/aromatic N) is 1. The molecule has 6 nitrogen and oxygen atoms in total. The summed E-state index contributed by atoms with van der Waals surface area (Å²) >= 11 is 0. The molecule has 1 unspecified atom stereocenters. The summed E-state index contributed by atoms with van der Waals surface area (Å²) in [6.45, 7) is 6.17. The number of carboxylic acids is 1. The summed E-state index contributed by atoms with van der Waals surface area (Å²) in [5.41, 5.74) is 2.80. The van der Waals surface area contributed by atoms with Crippen LogP contribution in [0.1, 0.15) is 48.2 Å². The Labute approximate surface area is 164 Å². The highest BCUT2D eigenvalue weighted by molar-refractivity contribution is 6.03. The van der Waals surface area contributed by atoms with E-state index in [1.807, 2.05) is 12.1 Å². The fourth-order valence-electron chi connectivity index (χ4n) is 3.33. The van der Waals surface area contributed by atoms with Crippen LogP contribution < -0.4 is 10.2 Å². The quantitative estimate of drug-likeness (QED) is 0.854. The fraction of sp³-hybridized carbons (Fsp3) is 0.318. The Balaban J connectivity index is 1.66. The molecule has 28 heavy (non-hydrogen) atoms. The summed E-state index contributed by atoms with van der Waals surface area (Å²) in [4.78, 5) is 37.9. The Kier molecular flexibility index (Phi) is 5.23. The minimum atomic E-state index is -0.967. The number of rotatable bonds is 4. The molecule has 1 aliphatic rings. The summed E-state index contributed by atoms with van der Waals surface area (Å²) in [5, 5.41) is 12.0. The number of hydrogen-bond acceptors (Lipinski definition) is 3.